The van der Waals surface area contributed by atoms with Crippen LogP contribution >= 0.6 is 0 Å². The van der Waals surface area contributed by atoms with Crippen LogP contribution in [-0.4, -0.2) is 64.9 Å². The number of hydrogen-bond donors (Lipinski definition) is 1. The molecule has 2 heterocycles. The molecule has 156 valence electrons. The number of likely N-dealkylation sites (tertiary alicyclic amines) is 1. The molecule has 0 bridgehead atoms. The molecule has 2 aliphatic heterocycles. The van der Waals surface area contributed by atoms with Crippen molar-refractivity contribution >= 4 is 23.8 Å². The third-order valence-corrected chi connectivity index (χ3v) is 4.88. The van der Waals surface area contributed by atoms with Gasteiger partial charge in [0.1, 0.15) is 5.60 Å². The molecule has 8 nitrogen and oxygen atoms in total. The maximum absolute atomic E-state index is 12.7. The zero-order chi connectivity index (χ0) is 21.2. The van der Waals surface area contributed by atoms with Gasteiger partial charge in [0.25, 0.3) is 11.8 Å². The summed E-state index contributed by atoms with van der Waals surface area (Å²) in [6, 6.07) is 5.85. The minimum atomic E-state index is -0.736. The van der Waals surface area contributed by atoms with Crippen LogP contribution in [0.4, 0.5) is 4.79 Å². The molecule has 0 aromatic heterocycles. The minimum Gasteiger partial charge on any atom is -0.444 e. The fraction of sp³-hybridized carbons (Fsp3) is 0.524. The van der Waals surface area contributed by atoms with E-state index in [1.165, 1.54) is 0 Å². The zero-order valence-electron chi connectivity index (χ0n) is 17.1. The molecule has 3 rings (SSSR count). The molecule has 1 aromatic rings. The predicted molar refractivity (Wildman–Crippen MR) is 105 cm³/mol. The molecule has 1 fully saturated rings. The highest BCUT2D eigenvalue weighted by Gasteiger charge is 2.37. The van der Waals surface area contributed by atoms with Gasteiger partial charge < -0.3 is 15.0 Å². The van der Waals surface area contributed by atoms with Crippen LogP contribution in [0.15, 0.2) is 24.3 Å². The fourth-order valence-electron chi connectivity index (χ4n) is 3.57. The maximum Gasteiger partial charge on any atom is 0.407 e. The Morgan fingerprint density at radius 3 is 2.14 bits per heavy atom. The lowest BCUT2D eigenvalue weighted by molar-refractivity contribution is -0.130. The first-order chi connectivity index (χ1) is 13.7. The molecular formula is C21H27N3O5. The van der Waals surface area contributed by atoms with Crippen LogP contribution in [-0.2, 0) is 9.53 Å². The fourth-order valence-corrected chi connectivity index (χ4v) is 3.57. The van der Waals surface area contributed by atoms with Crippen molar-refractivity contribution in [1.82, 2.24) is 15.1 Å². The highest BCUT2D eigenvalue weighted by molar-refractivity contribution is 6.21. The molecule has 1 saturated heterocycles. The standard InChI is InChI=1S/C21H27N3O5/c1-21(2,3)29-20(28)22-14(12-17(25)23-10-6-7-11-23)13-24-18(26)15-8-4-5-9-16(15)19(24)27/h4-5,8-9,14H,6-7,10-13H2,1-3H3,(H,22,28). The third-order valence-electron chi connectivity index (χ3n) is 4.88. The molecule has 1 atom stereocenters. The topological polar surface area (TPSA) is 96.0 Å². The summed E-state index contributed by atoms with van der Waals surface area (Å²) in [6.45, 7) is 6.49. The van der Waals surface area contributed by atoms with Crippen molar-refractivity contribution < 1.29 is 23.9 Å². The average molecular weight is 401 g/mol. The summed E-state index contributed by atoms with van der Waals surface area (Å²) in [5, 5.41) is 2.67. The molecule has 0 radical (unpaired) electrons. The summed E-state index contributed by atoms with van der Waals surface area (Å²) in [5.74, 6) is -0.953. The van der Waals surface area contributed by atoms with Gasteiger partial charge >= 0.3 is 6.09 Å². The molecular weight excluding hydrogens is 374 g/mol. The van der Waals surface area contributed by atoms with Crippen LogP contribution < -0.4 is 5.32 Å². The summed E-state index contributed by atoms with van der Waals surface area (Å²) in [7, 11) is 0. The Balaban J connectivity index is 1.74. The Kier molecular flexibility index (Phi) is 5.91. The van der Waals surface area contributed by atoms with Gasteiger partial charge in [-0.05, 0) is 45.7 Å². The number of nitrogens with one attached hydrogen (secondary N) is 1. The van der Waals surface area contributed by atoms with Gasteiger partial charge in [-0.2, -0.15) is 0 Å². The van der Waals surface area contributed by atoms with Crippen molar-refractivity contribution in [2.45, 2.75) is 51.7 Å². The Morgan fingerprint density at radius 2 is 1.62 bits per heavy atom. The monoisotopic (exact) mass is 401 g/mol. The SMILES string of the molecule is CC(C)(C)OC(=O)NC(CC(=O)N1CCCC1)CN1C(=O)c2ccccc2C1=O. The number of imide groups is 1. The number of hydrogen-bond acceptors (Lipinski definition) is 5. The summed E-state index contributed by atoms with van der Waals surface area (Å²) in [6.07, 6.45) is 1.21. The minimum absolute atomic E-state index is 0.00729. The van der Waals surface area contributed by atoms with Crippen molar-refractivity contribution in [3.8, 4) is 0 Å². The molecule has 1 aromatic carbocycles. The summed E-state index contributed by atoms with van der Waals surface area (Å²) < 4.78 is 5.29. The smallest absolute Gasteiger partial charge is 0.407 e. The van der Waals surface area contributed by atoms with E-state index in [1.807, 2.05) is 0 Å². The normalized spacial score (nSPS) is 17.3. The van der Waals surface area contributed by atoms with Crippen LogP contribution in [0.3, 0.4) is 0 Å². The first-order valence-corrected chi connectivity index (χ1v) is 9.88. The third kappa shape index (κ3) is 4.93. The van der Waals surface area contributed by atoms with E-state index in [9.17, 15) is 19.2 Å². The second kappa shape index (κ2) is 8.23. The zero-order valence-corrected chi connectivity index (χ0v) is 17.1. The van der Waals surface area contributed by atoms with Gasteiger partial charge in [0, 0.05) is 19.5 Å². The number of alkyl carbamates (subject to hydrolysis) is 1. The second-order valence-electron chi connectivity index (χ2n) is 8.40. The Hall–Kier alpha value is -2.90. The van der Waals surface area contributed by atoms with E-state index in [0.29, 0.717) is 24.2 Å². The van der Waals surface area contributed by atoms with Crippen molar-refractivity contribution in [3.63, 3.8) is 0 Å². The quantitative estimate of drug-likeness (QED) is 0.763. The van der Waals surface area contributed by atoms with E-state index >= 15 is 0 Å². The lowest BCUT2D eigenvalue weighted by Crippen LogP contribution is -2.49. The summed E-state index contributed by atoms with van der Waals surface area (Å²) >= 11 is 0. The predicted octanol–water partition coefficient (Wildman–Crippen LogP) is 2.19. The van der Waals surface area contributed by atoms with Crippen LogP contribution in [0.1, 0.15) is 60.7 Å². The lowest BCUT2D eigenvalue weighted by atomic mass is 10.1. The van der Waals surface area contributed by atoms with Crippen LogP contribution in [0, 0.1) is 0 Å². The highest BCUT2D eigenvalue weighted by atomic mass is 16.6. The number of rotatable bonds is 5. The van der Waals surface area contributed by atoms with Gasteiger partial charge in [-0.15, -0.1) is 0 Å². The van der Waals surface area contributed by atoms with Crippen molar-refractivity contribution in [3.05, 3.63) is 35.4 Å². The number of benzene rings is 1. The van der Waals surface area contributed by atoms with Gasteiger partial charge in [0.15, 0.2) is 0 Å². The van der Waals surface area contributed by atoms with Gasteiger partial charge in [0.05, 0.1) is 23.7 Å². The maximum atomic E-state index is 12.7. The van der Waals surface area contributed by atoms with Crippen molar-refractivity contribution in [2.24, 2.45) is 0 Å². The van der Waals surface area contributed by atoms with Crippen LogP contribution in [0.25, 0.3) is 0 Å². The molecule has 1 unspecified atom stereocenters. The first kappa shape index (κ1) is 20.8. The van der Waals surface area contributed by atoms with E-state index in [4.69, 9.17) is 4.74 Å². The van der Waals surface area contributed by atoms with E-state index in [1.54, 1.807) is 49.9 Å². The molecule has 0 spiro atoms. The van der Waals surface area contributed by atoms with E-state index < -0.39 is 29.6 Å². The number of carbonyl (C=O) groups excluding carboxylic acids is 4. The van der Waals surface area contributed by atoms with Crippen molar-refractivity contribution in [1.29, 1.82) is 0 Å². The average Bonchev–Trinajstić information content (AvgIpc) is 3.24. The number of ether oxygens (including phenoxy) is 1. The Bertz CT molecular complexity index is 789. The number of fused-ring (bicyclic) bond motifs is 1. The van der Waals surface area contributed by atoms with E-state index in [-0.39, 0.29) is 18.9 Å². The van der Waals surface area contributed by atoms with Gasteiger partial charge in [-0.25, -0.2) is 4.79 Å². The van der Waals surface area contributed by atoms with Gasteiger partial charge in [-0.3, -0.25) is 19.3 Å². The Morgan fingerprint density at radius 1 is 1.07 bits per heavy atom. The number of carbonyl (C=O) groups is 4. The molecule has 4 amide bonds. The van der Waals surface area contributed by atoms with Crippen molar-refractivity contribution in [2.75, 3.05) is 19.6 Å². The molecule has 0 aliphatic carbocycles. The molecule has 29 heavy (non-hydrogen) atoms. The summed E-state index contributed by atoms with van der Waals surface area (Å²) in [4.78, 5) is 53.1. The van der Waals surface area contributed by atoms with Crippen LogP contribution in [0.5, 0.6) is 0 Å². The van der Waals surface area contributed by atoms with Crippen LogP contribution in [0.2, 0.25) is 0 Å². The molecule has 2 aliphatic rings. The Labute approximate surface area is 170 Å². The van der Waals surface area contributed by atoms with E-state index in [0.717, 1.165) is 17.7 Å². The van der Waals surface area contributed by atoms with E-state index in [2.05, 4.69) is 5.32 Å². The number of amides is 4. The largest absolute Gasteiger partial charge is 0.444 e. The summed E-state index contributed by atoms with van der Waals surface area (Å²) in [5.41, 5.74) is -0.0397. The molecule has 8 heteroatoms. The first-order valence-electron chi connectivity index (χ1n) is 9.88. The van der Waals surface area contributed by atoms with Gasteiger partial charge in [-0.1, -0.05) is 12.1 Å². The van der Waals surface area contributed by atoms with Gasteiger partial charge in [0.2, 0.25) is 5.91 Å². The highest BCUT2D eigenvalue weighted by Crippen LogP contribution is 2.23. The lowest BCUT2D eigenvalue weighted by Gasteiger charge is -2.27. The molecule has 0 saturated carbocycles. The number of nitrogens with zero attached hydrogens (tertiary/aromatic N) is 2. The molecule has 1 N–H and O–H groups in total. The second-order valence-corrected chi connectivity index (χ2v) is 8.40.